The molecule has 0 fully saturated rings. The van der Waals surface area contributed by atoms with Crippen LogP contribution in [-0.2, 0) is 6.42 Å². The maximum absolute atomic E-state index is 10.8. The molecule has 0 amide bonds. The van der Waals surface area contributed by atoms with Gasteiger partial charge in [0.15, 0.2) is 6.29 Å². The second-order valence-corrected chi connectivity index (χ2v) is 5.46. The molecule has 2 aromatic rings. The van der Waals surface area contributed by atoms with Gasteiger partial charge in [-0.05, 0) is 29.5 Å². The highest BCUT2D eigenvalue weighted by molar-refractivity contribution is 7.22. The SMILES string of the molecule is O=Cc1cc2c(s1)-c1sccc1NCC2. The van der Waals surface area contributed by atoms with E-state index in [-0.39, 0.29) is 0 Å². The number of nitrogens with one attached hydrogen (secondary N) is 1. The van der Waals surface area contributed by atoms with E-state index in [4.69, 9.17) is 0 Å². The van der Waals surface area contributed by atoms with Crippen molar-refractivity contribution in [3.8, 4) is 9.75 Å². The van der Waals surface area contributed by atoms with Gasteiger partial charge in [0.1, 0.15) is 0 Å². The molecule has 76 valence electrons. The Morgan fingerprint density at radius 1 is 1.40 bits per heavy atom. The molecule has 0 atom stereocenters. The third kappa shape index (κ3) is 1.41. The summed E-state index contributed by atoms with van der Waals surface area (Å²) in [5, 5.41) is 5.49. The molecule has 0 saturated heterocycles. The molecule has 1 N–H and O–H groups in total. The largest absolute Gasteiger partial charge is 0.384 e. The first-order valence-corrected chi connectivity index (χ1v) is 6.48. The van der Waals surface area contributed by atoms with E-state index in [1.807, 2.05) is 6.07 Å². The third-order valence-electron chi connectivity index (χ3n) is 2.53. The number of hydrogen-bond donors (Lipinski definition) is 1. The van der Waals surface area contributed by atoms with Gasteiger partial charge in [-0.2, -0.15) is 0 Å². The van der Waals surface area contributed by atoms with Gasteiger partial charge in [0.05, 0.1) is 20.3 Å². The van der Waals surface area contributed by atoms with E-state index in [1.165, 1.54) is 21.0 Å². The Bertz CT molecular complexity index is 512. The number of anilines is 1. The van der Waals surface area contributed by atoms with Gasteiger partial charge in [0.25, 0.3) is 0 Å². The van der Waals surface area contributed by atoms with Crippen LogP contribution in [0.15, 0.2) is 17.5 Å². The van der Waals surface area contributed by atoms with Crippen LogP contribution in [0, 0.1) is 0 Å². The van der Waals surface area contributed by atoms with Gasteiger partial charge in [0.2, 0.25) is 0 Å². The second-order valence-electron chi connectivity index (χ2n) is 3.46. The summed E-state index contributed by atoms with van der Waals surface area (Å²) >= 11 is 3.34. The molecule has 0 radical (unpaired) electrons. The van der Waals surface area contributed by atoms with E-state index >= 15 is 0 Å². The molecule has 0 aliphatic carbocycles. The van der Waals surface area contributed by atoms with Crippen LogP contribution in [0.1, 0.15) is 15.2 Å². The summed E-state index contributed by atoms with van der Waals surface area (Å²) in [6.07, 6.45) is 1.95. The zero-order valence-corrected chi connectivity index (χ0v) is 9.58. The molecule has 0 spiro atoms. The minimum atomic E-state index is 0.834. The molecule has 1 aliphatic rings. The van der Waals surface area contributed by atoms with Crippen LogP contribution >= 0.6 is 22.7 Å². The summed E-state index contributed by atoms with van der Waals surface area (Å²) in [4.78, 5) is 14.1. The summed E-state index contributed by atoms with van der Waals surface area (Å²) in [5.41, 5.74) is 2.51. The molecule has 0 saturated carbocycles. The molecule has 3 rings (SSSR count). The van der Waals surface area contributed by atoms with E-state index < -0.39 is 0 Å². The van der Waals surface area contributed by atoms with Crippen molar-refractivity contribution < 1.29 is 4.79 Å². The molecule has 0 bridgehead atoms. The van der Waals surface area contributed by atoms with Gasteiger partial charge >= 0.3 is 0 Å². The first-order valence-electron chi connectivity index (χ1n) is 4.78. The maximum Gasteiger partial charge on any atom is 0.160 e. The Morgan fingerprint density at radius 3 is 3.20 bits per heavy atom. The standard InChI is InChI=1S/C11H9NOS2/c13-6-8-5-7-1-3-12-9-2-4-14-11(9)10(7)15-8/h2,4-6,12H,1,3H2. The normalized spacial score (nSPS) is 13.6. The molecular formula is C11H9NOS2. The zero-order chi connectivity index (χ0) is 10.3. The lowest BCUT2D eigenvalue weighted by Crippen LogP contribution is -2.01. The van der Waals surface area contributed by atoms with Crippen LogP contribution in [0.25, 0.3) is 9.75 Å². The number of aldehydes is 1. The fraction of sp³-hybridized carbons (Fsp3) is 0.182. The number of carbonyl (C=O) groups is 1. The average molecular weight is 235 g/mol. The molecule has 2 nitrogen and oxygen atoms in total. The molecule has 3 heterocycles. The van der Waals surface area contributed by atoms with Crippen LogP contribution in [0.2, 0.25) is 0 Å². The molecule has 1 aliphatic heterocycles. The van der Waals surface area contributed by atoms with Gasteiger partial charge in [-0.1, -0.05) is 0 Å². The van der Waals surface area contributed by atoms with Gasteiger partial charge in [-0.3, -0.25) is 4.79 Å². The lowest BCUT2D eigenvalue weighted by Gasteiger charge is -1.99. The molecule has 2 aromatic heterocycles. The summed E-state index contributed by atoms with van der Waals surface area (Å²) < 4.78 is 0. The van der Waals surface area contributed by atoms with Gasteiger partial charge in [-0.25, -0.2) is 0 Å². The smallest absolute Gasteiger partial charge is 0.160 e. The van der Waals surface area contributed by atoms with E-state index in [9.17, 15) is 4.79 Å². The highest BCUT2D eigenvalue weighted by Crippen LogP contribution is 2.42. The number of carbonyl (C=O) groups excluding carboxylic acids is 1. The summed E-state index contributed by atoms with van der Waals surface area (Å²) in [6, 6.07) is 4.12. The van der Waals surface area contributed by atoms with Crippen LogP contribution in [0.3, 0.4) is 0 Å². The van der Waals surface area contributed by atoms with Crippen molar-refractivity contribution in [3.05, 3.63) is 28.0 Å². The van der Waals surface area contributed by atoms with Crippen LogP contribution < -0.4 is 5.32 Å². The highest BCUT2D eigenvalue weighted by atomic mass is 32.1. The van der Waals surface area contributed by atoms with Gasteiger partial charge in [0, 0.05) is 6.54 Å². The average Bonchev–Trinajstić information content (AvgIpc) is 2.82. The van der Waals surface area contributed by atoms with E-state index in [1.54, 1.807) is 22.7 Å². The minimum absolute atomic E-state index is 0.834. The second kappa shape index (κ2) is 3.47. The molecule has 0 unspecified atom stereocenters. The highest BCUT2D eigenvalue weighted by Gasteiger charge is 2.18. The first-order chi connectivity index (χ1) is 7.38. The number of fused-ring (bicyclic) bond motifs is 3. The Balaban J connectivity index is 2.23. The lowest BCUT2D eigenvalue weighted by atomic mass is 10.2. The predicted molar refractivity (Wildman–Crippen MR) is 65.2 cm³/mol. The number of rotatable bonds is 1. The maximum atomic E-state index is 10.8. The number of thiophene rings is 2. The first kappa shape index (κ1) is 9.12. The zero-order valence-electron chi connectivity index (χ0n) is 7.95. The minimum Gasteiger partial charge on any atom is -0.384 e. The Morgan fingerprint density at radius 2 is 2.33 bits per heavy atom. The van der Waals surface area contributed by atoms with Crippen LogP contribution in [-0.4, -0.2) is 12.8 Å². The Kier molecular flexibility index (Phi) is 2.11. The van der Waals surface area contributed by atoms with Crippen molar-refractivity contribution in [1.29, 1.82) is 0 Å². The Hall–Kier alpha value is -1.13. The molecule has 4 heteroatoms. The van der Waals surface area contributed by atoms with Crippen molar-refractivity contribution in [2.75, 3.05) is 11.9 Å². The van der Waals surface area contributed by atoms with E-state index in [0.717, 1.165) is 24.1 Å². The molecule has 15 heavy (non-hydrogen) atoms. The fourth-order valence-corrected chi connectivity index (χ4v) is 3.94. The van der Waals surface area contributed by atoms with Gasteiger partial charge < -0.3 is 5.32 Å². The van der Waals surface area contributed by atoms with Crippen LogP contribution in [0.4, 0.5) is 5.69 Å². The van der Waals surface area contributed by atoms with Crippen molar-refractivity contribution in [2.45, 2.75) is 6.42 Å². The van der Waals surface area contributed by atoms with E-state index in [2.05, 4.69) is 16.8 Å². The molecule has 0 aromatic carbocycles. The van der Waals surface area contributed by atoms with Crippen molar-refractivity contribution >= 4 is 34.6 Å². The monoisotopic (exact) mass is 235 g/mol. The summed E-state index contributed by atoms with van der Waals surface area (Å²) in [5.74, 6) is 0. The summed E-state index contributed by atoms with van der Waals surface area (Å²) in [7, 11) is 0. The molecular weight excluding hydrogens is 226 g/mol. The third-order valence-corrected chi connectivity index (χ3v) is 4.71. The fourth-order valence-electron chi connectivity index (χ4n) is 1.84. The van der Waals surface area contributed by atoms with E-state index in [0.29, 0.717) is 0 Å². The quantitative estimate of drug-likeness (QED) is 0.769. The summed E-state index contributed by atoms with van der Waals surface area (Å²) in [6.45, 7) is 0.950. The lowest BCUT2D eigenvalue weighted by molar-refractivity contribution is 0.112. The predicted octanol–water partition coefficient (Wildman–Crippen LogP) is 3.26. The van der Waals surface area contributed by atoms with Crippen molar-refractivity contribution in [2.24, 2.45) is 0 Å². The topological polar surface area (TPSA) is 29.1 Å². The van der Waals surface area contributed by atoms with Crippen LogP contribution in [0.5, 0.6) is 0 Å². The van der Waals surface area contributed by atoms with Crippen molar-refractivity contribution in [1.82, 2.24) is 0 Å². The Labute approximate surface area is 95.6 Å². The van der Waals surface area contributed by atoms with Gasteiger partial charge in [-0.15, -0.1) is 22.7 Å². The van der Waals surface area contributed by atoms with Crippen molar-refractivity contribution in [3.63, 3.8) is 0 Å². The number of hydrogen-bond acceptors (Lipinski definition) is 4.